The van der Waals surface area contributed by atoms with E-state index in [1.807, 2.05) is 42.5 Å². The van der Waals surface area contributed by atoms with E-state index in [1.54, 1.807) is 0 Å². The van der Waals surface area contributed by atoms with Gasteiger partial charge in [-0.3, -0.25) is 4.79 Å². The Balaban J connectivity index is 1.37. The van der Waals surface area contributed by atoms with Crippen LogP contribution in [0.2, 0.25) is 0 Å². The first-order valence-electron chi connectivity index (χ1n) is 10.3. The van der Waals surface area contributed by atoms with Crippen molar-refractivity contribution in [3.63, 3.8) is 0 Å². The van der Waals surface area contributed by atoms with Crippen LogP contribution in [0.3, 0.4) is 0 Å². The van der Waals surface area contributed by atoms with Gasteiger partial charge in [0.15, 0.2) is 0 Å². The number of hydrogen-bond acceptors (Lipinski definition) is 5. The average Bonchev–Trinajstić information content (AvgIpc) is 2.79. The van der Waals surface area contributed by atoms with Crippen molar-refractivity contribution in [2.75, 3.05) is 26.9 Å². The molecule has 2 aromatic rings. The zero-order valence-electron chi connectivity index (χ0n) is 16.9. The second kappa shape index (κ2) is 8.56. The predicted octanol–water partition coefficient (Wildman–Crippen LogP) is 4.84. The van der Waals surface area contributed by atoms with E-state index >= 15 is 0 Å². The molecule has 29 heavy (non-hydrogen) atoms. The zero-order chi connectivity index (χ0) is 20.2. The molecule has 1 saturated carbocycles. The van der Waals surface area contributed by atoms with E-state index in [1.165, 1.54) is 12.7 Å². The second-order valence-corrected chi connectivity index (χ2v) is 8.10. The summed E-state index contributed by atoms with van der Waals surface area (Å²) < 4.78 is 22.9. The number of benzene rings is 2. The van der Waals surface area contributed by atoms with Crippen molar-refractivity contribution < 1.29 is 23.7 Å². The fourth-order valence-corrected chi connectivity index (χ4v) is 4.34. The molecule has 5 nitrogen and oxygen atoms in total. The molecule has 154 valence electrons. The lowest BCUT2D eigenvalue weighted by Crippen LogP contribution is -2.51. The Labute approximate surface area is 171 Å². The van der Waals surface area contributed by atoms with Gasteiger partial charge < -0.3 is 18.9 Å². The quantitative estimate of drug-likeness (QED) is 0.472. The molecular weight excluding hydrogens is 368 g/mol. The summed E-state index contributed by atoms with van der Waals surface area (Å²) in [6, 6.07) is 18.1. The Kier molecular flexibility index (Phi) is 5.88. The first-order valence-corrected chi connectivity index (χ1v) is 10.3. The molecule has 0 spiro atoms. The summed E-state index contributed by atoms with van der Waals surface area (Å²) in [5.74, 6) is 1.43. The van der Waals surface area contributed by atoms with Crippen LogP contribution < -0.4 is 4.74 Å². The van der Waals surface area contributed by atoms with Crippen molar-refractivity contribution in [1.82, 2.24) is 0 Å². The van der Waals surface area contributed by atoms with Gasteiger partial charge in [-0.1, -0.05) is 30.3 Å². The Morgan fingerprint density at radius 1 is 1.00 bits per heavy atom. The molecule has 3 fully saturated rings. The third-order valence-electron chi connectivity index (χ3n) is 6.20. The van der Waals surface area contributed by atoms with Gasteiger partial charge in [-0.25, -0.2) is 0 Å². The maximum atomic E-state index is 11.2. The fraction of sp³-hybridized carbons (Fsp3) is 0.458. The minimum Gasteiger partial charge on any atom is -0.469 e. The Morgan fingerprint density at radius 2 is 1.76 bits per heavy atom. The molecule has 0 aromatic heterocycles. The smallest absolute Gasteiger partial charge is 0.307 e. The Bertz CT molecular complexity index is 808. The molecule has 2 bridgehead atoms. The molecule has 5 rings (SSSR count). The number of rotatable bonds is 8. The van der Waals surface area contributed by atoms with Gasteiger partial charge in [0.25, 0.3) is 0 Å². The number of esters is 1. The number of carbonyl (C=O) groups is 1. The molecular formula is C24H28O5. The van der Waals surface area contributed by atoms with Crippen LogP contribution in [-0.2, 0) is 24.6 Å². The summed E-state index contributed by atoms with van der Waals surface area (Å²) in [6.07, 6.45) is 4.37. The monoisotopic (exact) mass is 396 g/mol. The van der Waals surface area contributed by atoms with E-state index in [2.05, 4.69) is 16.9 Å². The lowest BCUT2D eigenvalue weighted by molar-refractivity contribution is -0.204. The van der Waals surface area contributed by atoms with Gasteiger partial charge in [0.2, 0.25) is 0 Å². The number of methoxy groups -OCH3 is 1. The molecule has 2 saturated heterocycles. The highest BCUT2D eigenvalue weighted by Crippen LogP contribution is 2.54. The van der Waals surface area contributed by atoms with Crippen molar-refractivity contribution in [2.45, 2.75) is 37.7 Å². The van der Waals surface area contributed by atoms with Crippen LogP contribution in [0.15, 0.2) is 54.6 Å². The van der Waals surface area contributed by atoms with Crippen LogP contribution in [0.25, 0.3) is 0 Å². The third-order valence-corrected chi connectivity index (χ3v) is 6.20. The van der Waals surface area contributed by atoms with Gasteiger partial charge in [-0.2, -0.15) is 0 Å². The number of hydrogen-bond donors (Lipinski definition) is 0. The number of ether oxygens (including phenoxy) is 4. The summed E-state index contributed by atoms with van der Waals surface area (Å²) in [7, 11) is 1.40. The highest BCUT2D eigenvalue weighted by molar-refractivity contribution is 5.69. The van der Waals surface area contributed by atoms with Gasteiger partial charge >= 0.3 is 5.97 Å². The topological polar surface area (TPSA) is 54.0 Å². The molecule has 1 aliphatic carbocycles. The molecule has 3 aliphatic rings. The maximum absolute atomic E-state index is 11.2. The molecule has 0 atom stereocenters. The standard InChI is InChI=1S/C24H28O5/c1-26-22(25)10-15-27-17-23-11-13-24(14-12-23,28-18-23)19-6-5-9-21(16-19)29-20-7-3-2-4-8-20/h2-9,16H,10-15,17-18H2,1H3. The van der Waals surface area contributed by atoms with Gasteiger partial charge in [0.05, 0.1) is 39.0 Å². The van der Waals surface area contributed by atoms with Crippen molar-refractivity contribution in [3.05, 3.63) is 60.2 Å². The van der Waals surface area contributed by atoms with Gasteiger partial charge in [-0.15, -0.1) is 0 Å². The maximum Gasteiger partial charge on any atom is 0.307 e. The van der Waals surface area contributed by atoms with E-state index in [-0.39, 0.29) is 17.0 Å². The number of carbonyl (C=O) groups excluding carboxylic acids is 1. The summed E-state index contributed by atoms with van der Waals surface area (Å²) >= 11 is 0. The fourth-order valence-electron chi connectivity index (χ4n) is 4.34. The molecule has 2 heterocycles. The van der Waals surface area contributed by atoms with E-state index < -0.39 is 0 Å². The van der Waals surface area contributed by atoms with Crippen LogP contribution in [0.4, 0.5) is 0 Å². The normalized spacial score (nSPS) is 25.6. The minimum atomic E-state index is -0.234. The van der Waals surface area contributed by atoms with E-state index in [0.29, 0.717) is 26.2 Å². The molecule has 2 aliphatic heterocycles. The SMILES string of the molecule is COC(=O)CCOCC12CCC(c3cccc(Oc4ccccc4)c3)(CC1)OC2. The van der Waals surface area contributed by atoms with Crippen LogP contribution >= 0.6 is 0 Å². The van der Waals surface area contributed by atoms with Crippen molar-refractivity contribution in [2.24, 2.45) is 5.41 Å². The predicted molar refractivity (Wildman–Crippen MR) is 109 cm³/mol. The Hall–Kier alpha value is -2.37. The van der Waals surface area contributed by atoms with Gasteiger partial charge in [0.1, 0.15) is 11.5 Å². The van der Waals surface area contributed by atoms with E-state index in [0.717, 1.165) is 37.2 Å². The first-order chi connectivity index (χ1) is 14.1. The van der Waals surface area contributed by atoms with Gasteiger partial charge in [0, 0.05) is 5.41 Å². The second-order valence-electron chi connectivity index (χ2n) is 8.10. The molecule has 0 N–H and O–H groups in total. The summed E-state index contributed by atoms with van der Waals surface area (Å²) in [4.78, 5) is 11.2. The molecule has 5 heteroatoms. The third kappa shape index (κ3) is 4.46. The van der Waals surface area contributed by atoms with Crippen LogP contribution in [0.5, 0.6) is 11.5 Å². The van der Waals surface area contributed by atoms with Crippen molar-refractivity contribution >= 4 is 5.97 Å². The van der Waals surface area contributed by atoms with Crippen molar-refractivity contribution in [1.29, 1.82) is 0 Å². The number of para-hydroxylation sites is 1. The summed E-state index contributed by atoms with van der Waals surface area (Å²) in [6.45, 7) is 1.73. The lowest BCUT2D eigenvalue weighted by Gasteiger charge is -2.53. The van der Waals surface area contributed by atoms with Crippen LogP contribution in [0, 0.1) is 5.41 Å². The summed E-state index contributed by atoms with van der Waals surface area (Å²) in [5, 5.41) is 0. The van der Waals surface area contributed by atoms with E-state index in [9.17, 15) is 4.79 Å². The molecule has 2 aromatic carbocycles. The first kappa shape index (κ1) is 19.9. The largest absolute Gasteiger partial charge is 0.469 e. The number of fused-ring (bicyclic) bond motifs is 3. The minimum absolute atomic E-state index is 0.0655. The molecule has 0 unspecified atom stereocenters. The van der Waals surface area contributed by atoms with E-state index in [4.69, 9.17) is 14.2 Å². The highest BCUT2D eigenvalue weighted by Gasteiger charge is 2.50. The van der Waals surface area contributed by atoms with Crippen LogP contribution in [-0.4, -0.2) is 32.9 Å². The zero-order valence-corrected chi connectivity index (χ0v) is 16.9. The summed E-state index contributed by atoms with van der Waals surface area (Å²) in [5.41, 5.74) is 1.02. The highest BCUT2D eigenvalue weighted by atomic mass is 16.5. The molecule has 0 radical (unpaired) electrons. The van der Waals surface area contributed by atoms with Crippen LogP contribution in [0.1, 0.15) is 37.7 Å². The van der Waals surface area contributed by atoms with Gasteiger partial charge in [-0.05, 0) is 55.5 Å². The molecule has 0 amide bonds. The lowest BCUT2D eigenvalue weighted by atomic mass is 9.64. The Morgan fingerprint density at radius 3 is 2.45 bits per heavy atom. The average molecular weight is 396 g/mol. The van der Waals surface area contributed by atoms with Crippen molar-refractivity contribution in [3.8, 4) is 11.5 Å².